The molecule has 0 bridgehead atoms. The number of nitrogens with one attached hydrogen (secondary N) is 2. The quantitative estimate of drug-likeness (QED) is 0.686. The summed E-state index contributed by atoms with van der Waals surface area (Å²) in [6.07, 6.45) is 1.16. The molecule has 1 aromatic rings. The lowest BCUT2D eigenvalue weighted by Gasteiger charge is -2.07. The zero-order valence-electron chi connectivity index (χ0n) is 10.8. The number of hydrogen-bond acceptors (Lipinski definition) is 6. The van der Waals surface area contributed by atoms with Gasteiger partial charge in [-0.1, -0.05) is 0 Å². The number of methoxy groups -OCH3 is 2. The van der Waals surface area contributed by atoms with Crippen molar-refractivity contribution in [2.45, 2.75) is 12.8 Å². The summed E-state index contributed by atoms with van der Waals surface area (Å²) >= 11 is 0. The summed E-state index contributed by atoms with van der Waals surface area (Å²) in [5.41, 5.74) is 0. The smallest absolute Gasteiger partial charge is 0.236 e. The summed E-state index contributed by atoms with van der Waals surface area (Å²) in [5, 5.41) is 5.57. The maximum Gasteiger partial charge on any atom is 0.236 e. The second-order valence-electron chi connectivity index (χ2n) is 3.53. The van der Waals surface area contributed by atoms with E-state index in [0.717, 1.165) is 13.0 Å². The van der Waals surface area contributed by atoms with Gasteiger partial charge in [0.25, 0.3) is 0 Å². The van der Waals surface area contributed by atoms with Crippen molar-refractivity contribution in [3.8, 4) is 11.8 Å². The normalized spacial score (nSPS) is 9.94. The lowest BCUT2D eigenvalue weighted by Crippen LogP contribution is -2.17. The van der Waals surface area contributed by atoms with E-state index in [4.69, 9.17) is 9.47 Å². The first-order valence-electron chi connectivity index (χ1n) is 5.61. The van der Waals surface area contributed by atoms with E-state index in [-0.39, 0.29) is 11.9 Å². The van der Waals surface area contributed by atoms with E-state index in [0.29, 0.717) is 18.2 Å². The van der Waals surface area contributed by atoms with E-state index < -0.39 is 0 Å². The average molecular weight is 254 g/mol. The van der Waals surface area contributed by atoms with Crippen LogP contribution in [0, 0.1) is 0 Å². The Balaban J connectivity index is 2.62. The fourth-order valence-corrected chi connectivity index (χ4v) is 1.28. The first-order chi connectivity index (χ1) is 8.69. The van der Waals surface area contributed by atoms with Gasteiger partial charge in [0.15, 0.2) is 0 Å². The summed E-state index contributed by atoms with van der Waals surface area (Å²) in [6.45, 7) is 0.787. The zero-order valence-corrected chi connectivity index (χ0v) is 10.8. The number of amides is 1. The highest BCUT2D eigenvalue weighted by Crippen LogP contribution is 2.17. The number of nitrogens with zero attached hydrogens (tertiary/aromatic N) is 2. The minimum atomic E-state index is -0.138. The Morgan fingerprint density at radius 2 is 1.89 bits per heavy atom. The van der Waals surface area contributed by atoms with Crippen molar-refractivity contribution in [3.63, 3.8) is 0 Å². The van der Waals surface area contributed by atoms with Crippen molar-refractivity contribution < 1.29 is 14.3 Å². The molecule has 0 aliphatic rings. The van der Waals surface area contributed by atoms with Crippen LogP contribution in [0.3, 0.4) is 0 Å². The summed E-state index contributed by atoms with van der Waals surface area (Å²) in [6, 6.07) is 1.54. The molecular formula is C11H18N4O3. The van der Waals surface area contributed by atoms with Gasteiger partial charge in [0, 0.05) is 6.42 Å². The van der Waals surface area contributed by atoms with Crippen molar-refractivity contribution in [3.05, 3.63) is 6.07 Å². The number of anilines is 1. The highest BCUT2D eigenvalue weighted by molar-refractivity contribution is 5.88. The number of carbonyl (C=O) groups is 1. The standard InChI is InChI=1S/C11H18N4O3/c1-12-6-4-5-8(16)13-11-14-9(17-2)7-10(15-11)18-3/h7,12H,4-6H2,1-3H3,(H,13,14,15,16). The molecule has 0 atom stereocenters. The lowest BCUT2D eigenvalue weighted by atomic mass is 10.3. The predicted molar refractivity (Wildman–Crippen MR) is 66.9 cm³/mol. The van der Waals surface area contributed by atoms with Crippen LogP contribution in [0.5, 0.6) is 11.8 Å². The molecule has 0 spiro atoms. The van der Waals surface area contributed by atoms with Gasteiger partial charge in [-0.25, -0.2) is 0 Å². The molecule has 0 unspecified atom stereocenters. The highest BCUT2D eigenvalue weighted by atomic mass is 16.5. The maximum absolute atomic E-state index is 11.6. The SMILES string of the molecule is CNCCCC(=O)Nc1nc(OC)cc(OC)n1. The Kier molecular flexibility index (Phi) is 5.86. The van der Waals surface area contributed by atoms with Gasteiger partial charge in [-0.3, -0.25) is 10.1 Å². The summed E-state index contributed by atoms with van der Waals surface area (Å²) in [4.78, 5) is 19.6. The first-order valence-corrected chi connectivity index (χ1v) is 5.61. The minimum absolute atomic E-state index is 0.138. The van der Waals surface area contributed by atoms with Gasteiger partial charge in [0.1, 0.15) is 0 Å². The molecule has 0 radical (unpaired) electrons. The van der Waals surface area contributed by atoms with Gasteiger partial charge < -0.3 is 14.8 Å². The third-order valence-electron chi connectivity index (χ3n) is 2.18. The molecule has 0 saturated carbocycles. The van der Waals surface area contributed by atoms with Crippen LogP contribution < -0.4 is 20.1 Å². The van der Waals surface area contributed by atoms with Crippen LogP contribution in [-0.4, -0.2) is 43.7 Å². The molecule has 1 rings (SSSR count). The van der Waals surface area contributed by atoms with Crippen LogP contribution in [0.2, 0.25) is 0 Å². The monoisotopic (exact) mass is 254 g/mol. The lowest BCUT2D eigenvalue weighted by molar-refractivity contribution is -0.116. The van der Waals surface area contributed by atoms with Gasteiger partial charge in [-0.05, 0) is 20.0 Å². The van der Waals surface area contributed by atoms with Crippen LogP contribution >= 0.6 is 0 Å². The molecule has 0 aliphatic heterocycles. The van der Waals surface area contributed by atoms with E-state index in [2.05, 4.69) is 20.6 Å². The predicted octanol–water partition coefficient (Wildman–Crippen LogP) is 0.432. The minimum Gasteiger partial charge on any atom is -0.481 e. The summed E-state index contributed by atoms with van der Waals surface area (Å²) in [7, 11) is 4.81. The molecule has 7 heteroatoms. The van der Waals surface area contributed by atoms with E-state index in [1.807, 2.05) is 7.05 Å². The van der Waals surface area contributed by atoms with Gasteiger partial charge >= 0.3 is 0 Å². The van der Waals surface area contributed by atoms with Crippen LogP contribution in [0.1, 0.15) is 12.8 Å². The fourth-order valence-electron chi connectivity index (χ4n) is 1.28. The van der Waals surface area contributed by atoms with Crippen LogP contribution in [0.15, 0.2) is 6.07 Å². The van der Waals surface area contributed by atoms with E-state index in [1.165, 1.54) is 20.3 Å². The molecule has 0 aromatic carbocycles. The van der Waals surface area contributed by atoms with Crippen LogP contribution in [0.25, 0.3) is 0 Å². The largest absolute Gasteiger partial charge is 0.481 e. The Morgan fingerprint density at radius 3 is 2.39 bits per heavy atom. The fraction of sp³-hybridized carbons (Fsp3) is 0.545. The number of ether oxygens (including phenoxy) is 2. The molecule has 1 amide bonds. The molecule has 0 aliphatic carbocycles. The van der Waals surface area contributed by atoms with Crippen molar-refractivity contribution in [1.29, 1.82) is 0 Å². The van der Waals surface area contributed by atoms with Crippen molar-refractivity contribution in [2.24, 2.45) is 0 Å². The number of hydrogen-bond donors (Lipinski definition) is 2. The number of carbonyl (C=O) groups excluding carboxylic acids is 1. The third kappa shape index (κ3) is 4.54. The first kappa shape index (κ1) is 14.2. The zero-order chi connectivity index (χ0) is 13.4. The van der Waals surface area contributed by atoms with Crippen molar-refractivity contribution in [2.75, 3.05) is 33.1 Å². The maximum atomic E-state index is 11.6. The molecule has 0 fully saturated rings. The number of rotatable bonds is 7. The average Bonchev–Trinajstić information content (AvgIpc) is 2.38. The molecule has 1 aromatic heterocycles. The van der Waals surface area contributed by atoms with Gasteiger partial charge in [-0.15, -0.1) is 0 Å². The van der Waals surface area contributed by atoms with Crippen molar-refractivity contribution >= 4 is 11.9 Å². The highest BCUT2D eigenvalue weighted by Gasteiger charge is 2.08. The molecule has 100 valence electrons. The Labute approximate surface area is 106 Å². The number of aromatic nitrogens is 2. The van der Waals surface area contributed by atoms with E-state index in [1.54, 1.807) is 0 Å². The molecule has 2 N–H and O–H groups in total. The van der Waals surface area contributed by atoms with E-state index in [9.17, 15) is 4.79 Å². The Bertz CT molecular complexity index is 376. The second kappa shape index (κ2) is 7.44. The molecule has 7 nitrogen and oxygen atoms in total. The summed E-state index contributed by atoms with van der Waals surface area (Å²) in [5.74, 6) is 0.723. The van der Waals surface area contributed by atoms with Crippen LogP contribution in [-0.2, 0) is 4.79 Å². The van der Waals surface area contributed by atoms with Crippen molar-refractivity contribution in [1.82, 2.24) is 15.3 Å². The summed E-state index contributed by atoms with van der Waals surface area (Å²) < 4.78 is 9.97. The van der Waals surface area contributed by atoms with Gasteiger partial charge in [0.05, 0.1) is 20.3 Å². The third-order valence-corrected chi connectivity index (χ3v) is 2.18. The molecule has 1 heterocycles. The Morgan fingerprint density at radius 1 is 1.28 bits per heavy atom. The molecule has 18 heavy (non-hydrogen) atoms. The van der Waals surface area contributed by atoms with Gasteiger partial charge in [0.2, 0.25) is 23.6 Å². The van der Waals surface area contributed by atoms with Gasteiger partial charge in [-0.2, -0.15) is 9.97 Å². The van der Waals surface area contributed by atoms with E-state index >= 15 is 0 Å². The second-order valence-corrected chi connectivity index (χ2v) is 3.53. The Hall–Kier alpha value is -1.89. The molecule has 0 saturated heterocycles. The molecular weight excluding hydrogens is 236 g/mol. The topological polar surface area (TPSA) is 85.4 Å². The van der Waals surface area contributed by atoms with Crippen LogP contribution in [0.4, 0.5) is 5.95 Å².